The maximum absolute atomic E-state index is 4.52. The summed E-state index contributed by atoms with van der Waals surface area (Å²) < 4.78 is 1.82. The monoisotopic (exact) mass is 287 g/mol. The normalized spacial score (nSPS) is 10.3. The molecule has 0 amide bonds. The highest BCUT2D eigenvalue weighted by Gasteiger charge is 2.12. The molecule has 2 heterocycles. The van der Waals surface area contributed by atoms with Crippen LogP contribution in [0, 0.1) is 6.92 Å². The molecule has 2 rings (SSSR count). The zero-order valence-electron chi connectivity index (χ0n) is 11.7. The van der Waals surface area contributed by atoms with E-state index in [4.69, 9.17) is 0 Å². The summed E-state index contributed by atoms with van der Waals surface area (Å²) in [7, 11) is 5.54. The molecule has 0 atom stereocenters. The van der Waals surface area contributed by atoms with Crippen molar-refractivity contribution < 1.29 is 0 Å². The van der Waals surface area contributed by atoms with Crippen molar-refractivity contribution in [2.75, 3.05) is 18.5 Å². The van der Waals surface area contributed by atoms with Gasteiger partial charge in [-0.3, -0.25) is 10.3 Å². The third kappa shape index (κ3) is 3.13. The summed E-state index contributed by atoms with van der Waals surface area (Å²) in [6, 6.07) is 3.86. The van der Waals surface area contributed by atoms with Crippen molar-refractivity contribution in [2.45, 2.75) is 6.92 Å². The van der Waals surface area contributed by atoms with E-state index >= 15 is 0 Å². The number of aromatic nitrogens is 3. The molecular weight excluding hydrogens is 269 g/mol. The largest absolute Gasteiger partial charge is 0.329 e. The maximum atomic E-state index is 4.52. The second-order valence-electron chi connectivity index (χ2n) is 4.33. The Kier molecular flexibility index (Phi) is 4.66. The van der Waals surface area contributed by atoms with Gasteiger partial charge in [-0.15, -0.1) is 6.58 Å². The Morgan fingerprint density at radius 3 is 3.05 bits per heavy atom. The topological polar surface area (TPSA) is 46.0 Å². The number of nitrogens with one attached hydrogen (secondary N) is 1. The number of pyridine rings is 1. The Balaban J connectivity index is 2.23. The summed E-state index contributed by atoms with van der Waals surface area (Å²) in [5.41, 5.74) is 3.74. The van der Waals surface area contributed by atoms with Crippen LogP contribution in [-0.2, 0) is 0 Å². The van der Waals surface area contributed by atoms with Crippen LogP contribution in [0.25, 0.3) is 5.69 Å². The molecule has 0 fully saturated rings. The molecule has 104 valence electrons. The fourth-order valence-electron chi connectivity index (χ4n) is 1.81. The van der Waals surface area contributed by atoms with Crippen LogP contribution >= 0.6 is 8.86 Å². The molecule has 2 aromatic rings. The van der Waals surface area contributed by atoms with Crippen molar-refractivity contribution in [1.82, 2.24) is 20.1 Å². The molecule has 0 aromatic carbocycles. The minimum Gasteiger partial charge on any atom is -0.329 e. The first-order chi connectivity index (χ1) is 9.63. The van der Waals surface area contributed by atoms with E-state index < -0.39 is 0 Å². The summed E-state index contributed by atoms with van der Waals surface area (Å²) in [5, 5.41) is 7.71. The molecule has 0 saturated carbocycles. The van der Waals surface area contributed by atoms with Crippen LogP contribution in [0.5, 0.6) is 0 Å². The Labute approximate surface area is 121 Å². The van der Waals surface area contributed by atoms with Gasteiger partial charge in [0.2, 0.25) is 0 Å². The molecule has 0 saturated heterocycles. The fourth-order valence-corrected chi connectivity index (χ4v) is 2.03. The van der Waals surface area contributed by atoms with Crippen LogP contribution in [0.15, 0.2) is 43.4 Å². The van der Waals surface area contributed by atoms with Crippen molar-refractivity contribution >= 4 is 20.1 Å². The SMILES string of the molecule is C=CCNC(=P)N(C)c1cn(-c2cccnc2)nc1C. The van der Waals surface area contributed by atoms with Gasteiger partial charge in [-0.1, -0.05) is 14.9 Å². The van der Waals surface area contributed by atoms with Gasteiger partial charge in [0.05, 0.1) is 29.5 Å². The van der Waals surface area contributed by atoms with E-state index in [9.17, 15) is 0 Å². The van der Waals surface area contributed by atoms with Gasteiger partial charge in [-0.2, -0.15) is 5.10 Å². The summed E-state index contributed by atoms with van der Waals surface area (Å²) in [6.45, 7) is 6.36. The van der Waals surface area contributed by atoms with E-state index in [1.807, 2.05) is 41.9 Å². The van der Waals surface area contributed by atoms with Gasteiger partial charge in [0.1, 0.15) is 5.54 Å². The number of aryl methyl sites for hydroxylation is 1. The van der Waals surface area contributed by atoms with Crippen molar-refractivity contribution in [1.29, 1.82) is 0 Å². The highest BCUT2D eigenvalue weighted by atomic mass is 31.0. The van der Waals surface area contributed by atoms with Crippen molar-refractivity contribution in [2.24, 2.45) is 0 Å². The van der Waals surface area contributed by atoms with E-state index in [-0.39, 0.29) is 0 Å². The van der Waals surface area contributed by atoms with E-state index in [0.29, 0.717) is 6.54 Å². The van der Waals surface area contributed by atoms with Crippen LogP contribution in [-0.4, -0.2) is 33.9 Å². The standard InChI is InChI=1S/C14H18N5P/c1-4-7-16-14(20)18(3)13-10-19(17-11(13)2)12-6-5-8-15-9-12/h4-6,8-10,16,20H,1,7H2,2-3H3. The van der Waals surface area contributed by atoms with E-state index in [2.05, 4.69) is 30.8 Å². The summed E-state index contributed by atoms with van der Waals surface area (Å²) in [6.07, 6.45) is 7.31. The predicted molar refractivity (Wildman–Crippen MR) is 86.0 cm³/mol. The number of nitrogens with zero attached hydrogens (tertiary/aromatic N) is 4. The summed E-state index contributed by atoms with van der Waals surface area (Å²) in [5.74, 6) is 0. The summed E-state index contributed by atoms with van der Waals surface area (Å²) >= 11 is 0. The Morgan fingerprint density at radius 1 is 1.60 bits per heavy atom. The lowest BCUT2D eigenvalue weighted by molar-refractivity contribution is 0.857. The fraction of sp³-hybridized carbons (Fsp3) is 0.214. The molecule has 6 heteroatoms. The molecular formula is C14H18N5P. The number of anilines is 1. The van der Waals surface area contributed by atoms with E-state index in [1.165, 1.54) is 0 Å². The Morgan fingerprint density at radius 2 is 2.40 bits per heavy atom. The molecule has 0 aliphatic rings. The smallest absolute Gasteiger partial charge is 0.105 e. The third-order valence-corrected chi connectivity index (χ3v) is 3.41. The van der Waals surface area contributed by atoms with Crippen molar-refractivity contribution in [3.8, 4) is 5.69 Å². The van der Waals surface area contributed by atoms with Crippen LogP contribution < -0.4 is 10.2 Å². The van der Waals surface area contributed by atoms with Gasteiger partial charge >= 0.3 is 0 Å². The lowest BCUT2D eigenvalue weighted by Crippen LogP contribution is -2.36. The van der Waals surface area contributed by atoms with Crippen LogP contribution in [0.4, 0.5) is 5.69 Å². The first-order valence-electron chi connectivity index (χ1n) is 6.27. The third-order valence-electron chi connectivity index (χ3n) is 2.89. The van der Waals surface area contributed by atoms with Gasteiger partial charge in [-0.05, 0) is 19.1 Å². The van der Waals surface area contributed by atoms with Crippen LogP contribution in [0.1, 0.15) is 5.69 Å². The second kappa shape index (κ2) is 6.46. The number of hydrogen-bond donors (Lipinski definition) is 1. The van der Waals surface area contributed by atoms with Gasteiger partial charge in [0.15, 0.2) is 0 Å². The van der Waals surface area contributed by atoms with E-state index in [0.717, 1.165) is 22.6 Å². The quantitative estimate of drug-likeness (QED) is 0.652. The molecule has 0 aliphatic heterocycles. The highest BCUT2D eigenvalue weighted by molar-refractivity contribution is 7.21. The molecule has 0 bridgehead atoms. The van der Waals surface area contributed by atoms with E-state index in [1.54, 1.807) is 18.5 Å². The molecule has 1 N–H and O–H groups in total. The lowest BCUT2D eigenvalue weighted by Gasteiger charge is -2.20. The van der Waals surface area contributed by atoms with Crippen molar-refractivity contribution in [3.05, 3.63) is 49.1 Å². The van der Waals surface area contributed by atoms with Gasteiger partial charge in [0.25, 0.3) is 0 Å². The first kappa shape index (κ1) is 14.4. The average Bonchev–Trinajstić information content (AvgIpc) is 2.87. The molecule has 5 nitrogen and oxygen atoms in total. The molecule has 0 aliphatic carbocycles. The predicted octanol–water partition coefficient (Wildman–Crippen LogP) is 2.02. The zero-order chi connectivity index (χ0) is 14.5. The maximum Gasteiger partial charge on any atom is 0.105 e. The summed E-state index contributed by atoms with van der Waals surface area (Å²) in [4.78, 5) is 6.10. The molecule has 0 unspecified atom stereocenters. The number of rotatable bonds is 6. The van der Waals surface area contributed by atoms with Gasteiger partial charge in [0, 0.05) is 19.8 Å². The lowest BCUT2D eigenvalue weighted by atomic mass is 10.4. The van der Waals surface area contributed by atoms with Crippen molar-refractivity contribution in [3.63, 3.8) is 0 Å². The Bertz CT molecular complexity index is 605. The van der Waals surface area contributed by atoms with Crippen LogP contribution in [0.3, 0.4) is 0 Å². The highest BCUT2D eigenvalue weighted by Crippen LogP contribution is 2.19. The number of hydrogen-bond acceptors (Lipinski definition) is 2. The minimum atomic E-state index is 0.693. The van der Waals surface area contributed by atoms with Crippen LogP contribution in [0.2, 0.25) is 0 Å². The second-order valence-corrected chi connectivity index (χ2v) is 4.81. The molecule has 0 radical (unpaired) electrons. The zero-order valence-corrected chi connectivity index (χ0v) is 12.7. The Hall–Kier alpha value is -1.97. The minimum absolute atomic E-state index is 0.693. The first-order valence-corrected chi connectivity index (χ1v) is 6.77. The average molecular weight is 287 g/mol. The molecule has 2 aromatic heterocycles. The molecule has 20 heavy (non-hydrogen) atoms. The van der Waals surface area contributed by atoms with Gasteiger partial charge < -0.3 is 4.90 Å². The van der Waals surface area contributed by atoms with Gasteiger partial charge in [-0.25, -0.2) is 4.68 Å². The molecule has 0 spiro atoms.